The van der Waals surface area contributed by atoms with E-state index in [9.17, 15) is 4.57 Å². The molecule has 1 aliphatic heterocycles. The predicted octanol–water partition coefficient (Wildman–Crippen LogP) is 2.15. The Kier molecular flexibility index (Phi) is 4.92. The van der Waals surface area contributed by atoms with Crippen LogP contribution in [-0.4, -0.2) is 29.8 Å². The second-order valence-corrected chi connectivity index (χ2v) is 6.83. The van der Waals surface area contributed by atoms with Gasteiger partial charge in [0.15, 0.2) is 11.5 Å². The van der Waals surface area contributed by atoms with E-state index in [4.69, 9.17) is 23.5 Å². The molecule has 1 heterocycles. The van der Waals surface area contributed by atoms with Crippen LogP contribution in [0.1, 0.15) is 34.6 Å². The van der Waals surface area contributed by atoms with Crippen LogP contribution in [0.15, 0.2) is 18.2 Å². The van der Waals surface area contributed by atoms with Crippen LogP contribution in [0.4, 0.5) is 0 Å². The molecule has 0 bridgehead atoms. The highest BCUT2D eigenvalue weighted by atomic mass is 31.1. The highest BCUT2D eigenvalue weighted by molar-refractivity contribution is 7.32. The Bertz CT molecular complexity index is 558. The van der Waals surface area contributed by atoms with E-state index in [1.54, 1.807) is 18.2 Å². The second-order valence-electron chi connectivity index (χ2n) is 6.10. The van der Waals surface area contributed by atoms with Gasteiger partial charge in [-0.1, -0.05) is 6.07 Å². The molecule has 1 N–H and O–H groups in total. The summed E-state index contributed by atoms with van der Waals surface area (Å²) in [7, 11) is -3.61. The molecule has 0 aliphatic carbocycles. The van der Waals surface area contributed by atoms with Gasteiger partial charge in [-0.05, 0) is 52.2 Å². The Morgan fingerprint density at radius 1 is 1.18 bits per heavy atom. The first-order chi connectivity index (χ1) is 10.2. The predicted molar refractivity (Wildman–Crippen MR) is 85.2 cm³/mol. The lowest BCUT2D eigenvalue weighted by Crippen LogP contribution is -2.41. The summed E-state index contributed by atoms with van der Waals surface area (Å²) in [6, 6.07) is 5.04. The van der Waals surface area contributed by atoms with Crippen LogP contribution in [0.5, 0.6) is 11.5 Å². The van der Waals surface area contributed by atoms with Crippen LogP contribution in [-0.2, 0) is 13.9 Å². The molecule has 0 spiro atoms. The summed E-state index contributed by atoms with van der Waals surface area (Å²) in [5.74, 6) is 0.621. The number of benzene rings is 1. The molecule has 1 fully saturated rings. The van der Waals surface area contributed by atoms with E-state index in [-0.39, 0.29) is 5.75 Å². The van der Waals surface area contributed by atoms with E-state index >= 15 is 0 Å². The molecule has 1 aromatic carbocycles. The van der Waals surface area contributed by atoms with E-state index in [1.807, 2.05) is 34.6 Å². The molecule has 0 aromatic heterocycles. The van der Waals surface area contributed by atoms with Crippen molar-refractivity contribution in [2.45, 2.75) is 45.8 Å². The molecule has 0 radical (unpaired) electrons. The van der Waals surface area contributed by atoms with Crippen molar-refractivity contribution in [1.82, 2.24) is 0 Å². The molecular weight excluding hydrogens is 306 g/mol. The lowest BCUT2D eigenvalue weighted by atomic mass is 9.79. The zero-order chi connectivity index (χ0) is 16.5. The maximum Gasteiger partial charge on any atom is 0.494 e. The van der Waals surface area contributed by atoms with Gasteiger partial charge in [-0.3, -0.25) is 0 Å². The highest BCUT2D eigenvalue weighted by Crippen LogP contribution is 2.38. The number of rotatable bonds is 5. The van der Waals surface area contributed by atoms with Crippen LogP contribution in [0.25, 0.3) is 0 Å². The van der Waals surface area contributed by atoms with Crippen molar-refractivity contribution in [2.24, 2.45) is 0 Å². The van der Waals surface area contributed by atoms with Crippen molar-refractivity contribution < 1.29 is 28.0 Å². The SMILES string of the molecule is CCOc1cc(B2OC(C)(C)C(C)(C)O2)ccc1O[PH](=O)O. The maximum atomic E-state index is 10.9. The molecule has 1 aliphatic rings. The van der Waals surface area contributed by atoms with Gasteiger partial charge in [0.2, 0.25) is 0 Å². The van der Waals surface area contributed by atoms with Gasteiger partial charge in [-0.15, -0.1) is 0 Å². The van der Waals surface area contributed by atoms with E-state index in [0.29, 0.717) is 12.4 Å². The van der Waals surface area contributed by atoms with Gasteiger partial charge in [0, 0.05) is 0 Å². The van der Waals surface area contributed by atoms with Crippen molar-refractivity contribution in [2.75, 3.05) is 6.61 Å². The Balaban J connectivity index is 2.30. The number of hydrogen-bond donors (Lipinski definition) is 1. The first-order valence-corrected chi connectivity index (χ1v) is 8.46. The van der Waals surface area contributed by atoms with Crippen molar-refractivity contribution in [3.8, 4) is 11.5 Å². The second kappa shape index (κ2) is 6.24. The summed E-state index contributed by atoms with van der Waals surface area (Å²) >= 11 is 0. The quantitative estimate of drug-likeness (QED) is 0.659. The fourth-order valence-electron chi connectivity index (χ4n) is 2.10. The van der Waals surface area contributed by atoms with Crippen LogP contribution in [0.3, 0.4) is 0 Å². The van der Waals surface area contributed by atoms with Crippen molar-refractivity contribution in [3.63, 3.8) is 0 Å². The molecule has 0 amide bonds. The van der Waals surface area contributed by atoms with Gasteiger partial charge in [0.1, 0.15) is 0 Å². The maximum absolute atomic E-state index is 10.9. The standard InChI is InChI=1S/C14H22BO6P/c1-6-18-12-9-10(7-8-11(12)19-22(16)17)15-20-13(2,3)14(4,5)21-15/h7-9,22H,6H2,1-5H3,(H,16,17). The van der Waals surface area contributed by atoms with Gasteiger partial charge in [-0.25, -0.2) is 4.57 Å². The first-order valence-electron chi connectivity index (χ1n) is 7.19. The van der Waals surface area contributed by atoms with Gasteiger partial charge < -0.3 is 23.5 Å². The summed E-state index contributed by atoms with van der Waals surface area (Å²) in [5, 5.41) is 0. The number of hydrogen-bond acceptors (Lipinski definition) is 5. The Labute approximate surface area is 131 Å². The summed E-state index contributed by atoms with van der Waals surface area (Å²) in [6.07, 6.45) is 0. The third-order valence-electron chi connectivity index (χ3n) is 3.99. The minimum absolute atomic E-state index is 0.230. The molecule has 22 heavy (non-hydrogen) atoms. The first kappa shape index (κ1) is 17.4. The van der Waals surface area contributed by atoms with Crippen LogP contribution < -0.4 is 14.7 Å². The number of ether oxygens (including phenoxy) is 1. The fourth-order valence-corrected chi connectivity index (χ4v) is 2.45. The molecule has 1 unspecified atom stereocenters. The normalized spacial score (nSPS) is 20.7. The average molecular weight is 328 g/mol. The third-order valence-corrected chi connectivity index (χ3v) is 4.38. The lowest BCUT2D eigenvalue weighted by molar-refractivity contribution is 0.00578. The van der Waals surface area contributed by atoms with E-state index < -0.39 is 26.6 Å². The van der Waals surface area contributed by atoms with Gasteiger partial charge in [-0.2, -0.15) is 0 Å². The van der Waals surface area contributed by atoms with Gasteiger partial charge in [0.05, 0.1) is 17.8 Å². The molecule has 1 saturated heterocycles. The molecule has 8 heteroatoms. The van der Waals surface area contributed by atoms with Gasteiger partial charge in [0.25, 0.3) is 0 Å². The molecule has 1 atom stereocenters. The Hall–Kier alpha value is -1.01. The molecule has 6 nitrogen and oxygen atoms in total. The molecule has 1 aromatic rings. The van der Waals surface area contributed by atoms with Crippen LogP contribution in [0, 0.1) is 0 Å². The summed E-state index contributed by atoms with van der Waals surface area (Å²) in [5.41, 5.74) is -0.101. The minimum Gasteiger partial charge on any atom is -0.490 e. The lowest BCUT2D eigenvalue weighted by Gasteiger charge is -2.32. The minimum atomic E-state index is -3.09. The zero-order valence-corrected chi connectivity index (χ0v) is 14.5. The van der Waals surface area contributed by atoms with Crippen molar-refractivity contribution >= 4 is 20.8 Å². The monoisotopic (exact) mass is 328 g/mol. The Morgan fingerprint density at radius 3 is 2.27 bits per heavy atom. The van der Waals surface area contributed by atoms with E-state index in [1.165, 1.54) is 0 Å². The van der Waals surface area contributed by atoms with E-state index in [2.05, 4.69) is 0 Å². The van der Waals surface area contributed by atoms with Crippen molar-refractivity contribution in [1.29, 1.82) is 0 Å². The molecule has 2 rings (SSSR count). The van der Waals surface area contributed by atoms with E-state index in [0.717, 1.165) is 5.46 Å². The van der Waals surface area contributed by atoms with Gasteiger partial charge >= 0.3 is 15.4 Å². The topological polar surface area (TPSA) is 74.2 Å². The Morgan fingerprint density at radius 2 is 1.77 bits per heavy atom. The largest absolute Gasteiger partial charge is 0.494 e. The highest BCUT2D eigenvalue weighted by Gasteiger charge is 2.51. The third kappa shape index (κ3) is 3.49. The smallest absolute Gasteiger partial charge is 0.490 e. The van der Waals surface area contributed by atoms with Crippen LogP contribution >= 0.6 is 8.25 Å². The fraction of sp³-hybridized carbons (Fsp3) is 0.571. The summed E-state index contributed by atoms with van der Waals surface area (Å²) < 4.78 is 33.2. The van der Waals surface area contributed by atoms with Crippen molar-refractivity contribution in [3.05, 3.63) is 18.2 Å². The zero-order valence-electron chi connectivity index (χ0n) is 13.5. The summed E-state index contributed by atoms with van der Waals surface area (Å²) in [6.45, 7) is 10.2. The molecular formula is C14H22BO6P. The van der Waals surface area contributed by atoms with Crippen LogP contribution in [0.2, 0.25) is 0 Å². The molecule has 122 valence electrons. The average Bonchev–Trinajstić information content (AvgIpc) is 2.60. The summed E-state index contributed by atoms with van der Waals surface area (Å²) in [4.78, 5) is 8.94. The molecule has 0 saturated carbocycles.